The van der Waals surface area contributed by atoms with Crippen LogP contribution in [0.3, 0.4) is 0 Å². The van der Waals surface area contributed by atoms with Gasteiger partial charge in [-0.05, 0) is 70.6 Å². The van der Waals surface area contributed by atoms with E-state index in [-0.39, 0.29) is 18.9 Å². The van der Waals surface area contributed by atoms with E-state index in [1.165, 1.54) is 186 Å². The van der Waals surface area contributed by atoms with Gasteiger partial charge in [0, 0.05) is 6.42 Å². The largest absolute Gasteiger partial charge is 0.394 e. The molecule has 0 saturated carbocycles. The summed E-state index contributed by atoms with van der Waals surface area (Å²) in [5.41, 5.74) is 0. The predicted octanol–water partition coefficient (Wildman–Crippen LogP) is 12.0. The highest BCUT2D eigenvalue weighted by Crippen LogP contribution is 2.30. The second-order valence-electron chi connectivity index (χ2n) is 22.9. The molecule has 0 aromatic heterocycles. The second kappa shape index (κ2) is 50.5. The molecule has 0 aromatic rings. The molecule has 2 saturated heterocycles. The number of ether oxygens (including phenoxy) is 4. The number of carbonyl (C=O) groups excluding carboxylic acids is 1. The zero-order chi connectivity index (χ0) is 57.4. The van der Waals surface area contributed by atoms with Gasteiger partial charge < -0.3 is 65.1 Å². The van der Waals surface area contributed by atoms with Crippen LogP contribution in [0.2, 0.25) is 0 Å². The van der Waals surface area contributed by atoms with Gasteiger partial charge in [0.05, 0.1) is 32.0 Å². The molecule has 14 heteroatoms. The molecule has 2 fully saturated rings. The van der Waals surface area contributed by atoms with Crippen molar-refractivity contribution in [1.29, 1.82) is 0 Å². The van der Waals surface area contributed by atoms with Gasteiger partial charge in [-0.2, -0.15) is 0 Å². The zero-order valence-electron chi connectivity index (χ0n) is 49.9. The molecule has 12 atom stereocenters. The number of hydrogen-bond donors (Lipinski definition) is 9. The van der Waals surface area contributed by atoms with Gasteiger partial charge in [-0.1, -0.05) is 236 Å². The Labute approximate surface area is 480 Å². The monoisotopic (exact) mass is 1120 g/mol. The summed E-state index contributed by atoms with van der Waals surface area (Å²) in [5, 5.41) is 87.2. The topological polar surface area (TPSA) is 228 Å². The summed E-state index contributed by atoms with van der Waals surface area (Å²) in [6, 6.07) is -0.940. The molecule has 1 amide bonds. The third kappa shape index (κ3) is 35.6. The average Bonchev–Trinajstić information content (AvgIpc) is 3.47. The van der Waals surface area contributed by atoms with Crippen molar-refractivity contribution in [2.24, 2.45) is 0 Å². The van der Waals surface area contributed by atoms with Gasteiger partial charge in [0.2, 0.25) is 5.91 Å². The third-order valence-electron chi connectivity index (χ3n) is 15.7. The van der Waals surface area contributed by atoms with Crippen LogP contribution in [-0.4, -0.2) is 140 Å². The average molecular weight is 1120 g/mol. The summed E-state index contributed by atoms with van der Waals surface area (Å²) >= 11 is 0. The highest BCUT2D eigenvalue weighted by atomic mass is 16.7. The molecule has 0 spiro atoms. The number of nitrogens with one attached hydrogen (secondary N) is 1. The number of rotatable bonds is 52. The molecule has 2 aliphatic rings. The minimum atomic E-state index is -1.79. The van der Waals surface area contributed by atoms with E-state index in [2.05, 4.69) is 55.6 Å². The van der Waals surface area contributed by atoms with Crippen LogP contribution in [0.1, 0.15) is 264 Å². The molecular weight excluding hydrogens is 1000 g/mol. The molecule has 2 rings (SSSR count). The van der Waals surface area contributed by atoms with Crippen LogP contribution in [0.4, 0.5) is 0 Å². The summed E-state index contributed by atoms with van der Waals surface area (Å²) in [7, 11) is 0. The van der Waals surface area contributed by atoms with Crippen molar-refractivity contribution in [1.82, 2.24) is 5.32 Å². The lowest BCUT2D eigenvalue weighted by atomic mass is 9.97. The Hall–Kier alpha value is -2.05. The Bertz CT molecular complexity index is 1510. The number of carbonyl (C=O) groups is 1. The van der Waals surface area contributed by atoms with Gasteiger partial charge in [0.1, 0.15) is 48.8 Å². The van der Waals surface area contributed by atoms with Crippen LogP contribution >= 0.6 is 0 Å². The summed E-state index contributed by atoms with van der Waals surface area (Å²) in [6.07, 6.45) is 47.3. The maximum absolute atomic E-state index is 13.3. The molecule has 0 aliphatic carbocycles. The Morgan fingerprint density at radius 3 is 1.24 bits per heavy atom. The number of aliphatic hydroxyl groups is 8. The molecule has 0 bridgehead atoms. The Morgan fingerprint density at radius 2 is 0.810 bits per heavy atom. The number of unbranched alkanes of at least 4 members (excludes halogenated alkanes) is 33. The first-order chi connectivity index (χ1) is 38.6. The SMILES string of the molecule is CCCCCCCC/C=C\CCCCCCCCCCCC(=O)NC(COC1OC(CO)C(OC2OC(CO)C(O)C(O)C2O)C(O)C1O)C(O)/C=C/CC/C=C/CC/C=C/CCCCCCCCCCCCCCCCCC. The van der Waals surface area contributed by atoms with Crippen molar-refractivity contribution in [3.8, 4) is 0 Å². The summed E-state index contributed by atoms with van der Waals surface area (Å²) in [6.45, 7) is 2.79. The van der Waals surface area contributed by atoms with Crippen molar-refractivity contribution in [3.63, 3.8) is 0 Å². The highest BCUT2D eigenvalue weighted by molar-refractivity contribution is 5.76. The van der Waals surface area contributed by atoms with Crippen molar-refractivity contribution in [2.75, 3.05) is 19.8 Å². The van der Waals surface area contributed by atoms with E-state index in [0.717, 1.165) is 44.9 Å². The normalized spacial score (nSPS) is 24.7. The fraction of sp³-hybridized carbons (Fsp3) is 0.862. The van der Waals surface area contributed by atoms with Gasteiger partial charge >= 0.3 is 0 Å². The first-order valence-electron chi connectivity index (χ1n) is 32.4. The van der Waals surface area contributed by atoms with Gasteiger partial charge in [-0.25, -0.2) is 0 Å². The van der Waals surface area contributed by atoms with Crippen molar-refractivity contribution < 1.29 is 64.6 Å². The third-order valence-corrected chi connectivity index (χ3v) is 15.7. The highest BCUT2D eigenvalue weighted by Gasteiger charge is 2.51. The van der Waals surface area contributed by atoms with Crippen molar-refractivity contribution in [2.45, 2.75) is 338 Å². The van der Waals surface area contributed by atoms with Crippen LogP contribution in [0, 0.1) is 0 Å². The lowest BCUT2D eigenvalue weighted by molar-refractivity contribution is -0.359. The molecule has 2 heterocycles. The van der Waals surface area contributed by atoms with Crippen molar-refractivity contribution >= 4 is 5.91 Å². The van der Waals surface area contributed by atoms with Crippen molar-refractivity contribution in [3.05, 3.63) is 48.6 Å². The first kappa shape index (κ1) is 73.1. The Kier molecular flexibility index (Phi) is 46.7. The van der Waals surface area contributed by atoms with E-state index in [1.807, 2.05) is 6.08 Å². The Morgan fingerprint density at radius 1 is 0.443 bits per heavy atom. The molecule has 9 N–H and O–H groups in total. The first-order valence-corrected chi connectivity index (χ1v) is 32.4. The van der Waals surface area contributed by atoms with Crippen LogP contribution in [-0.2, 0) is 23.7 Å². The minimum absolute atomic E-state index is 0.254. The summed E-state index contributed by atoms with van der Waals surface area (Å²) in [5.74, 6) is -0.254. The van der Waals surface area contributed by atoms with Gasteiger partial charge in [0.25, 0.3) is 0 Å². The minimum Gasteiger partial charge on any atom is -0.394 e. The van der Waals surface area contributed by atoms with E-state index in [1.54, 1.807) is 6.08 Å². The van der Waals surface area contributed by atoms with E-state index in [0.29, 0.717) is 12.8 Å². The molecule has 462 valence electrons. The van der Waals surface area contributed by atoms with E-state index < -0.39 is 86.8 Å². The second-order valence-corrected chi connectivity index (χ2v) is 22.9. The molecule has 0 aromatic carbocycles. The molecule has 14 nitrogen and oxygen atoms in total. The maximum Gasteiger partial charge on any atom is 0.220 e. The van der Waals surface area contributed by atoms with Crippen LogP contribution in [0.15, 0.2) is 48.6 Å². The van der Waals surface area contributed by atoms with Crippen LogP contribution < -0.4 is 5.32 Å². The molecule has 79 heavy (non-hydrogen) atoms. The number of hydrogen-bond acceptors (Lipinski definition) is 13. The van der Waals surface area contributed by atoms with E-state index in [4.69, 9.17) is 18.9 Å². The van der Waals surface area contributed by atoms with Crippen LogP contribution in [0.5, 0.6) is 0 Å². The quantitative estimate of drug-likeness (QED) is 0.0204. The molecule has 2 aliphatic heterocycles. The van der Waals surface area contributed by atoms with E-state index in [9.17, 15) is 45.6 Å². The van der Waals surface area contributed by atoms with Crippen LogP contribution in [0.25, 0.3) is 0 Å². The Balaban J connectivity index is 1.75. The van der Waals surface area contributed by atoms with Gasteiger partial charge in [-0.3, -0.25) is 4.79 Å². The number of allylic oxidation sites excluding steroid dienone is 7. The van der Waals surface area contributed by atoms with Gasteiger partial charge in [0.15, 0.2) is 12.6 Å². The fourth-order valence-electron chi connectivity index (χ4n) is 10.5. The number of amides is 1. The predicted molar refractivity (Wildman–Crippen MR) is 318 cm³/mol. The molecular formula is C65H119NO13. The zero-order valence-corrected chi connectivity index (χ0v) is 49.9. The smallest absolute Gasteiger partial charge is 0.220 e. The molecule has 12 unspecified atom stereocenters. The van der Waals surface area contributed by atoms with Gasteiger partial charge in [-0.15, -0.1) is 0 Å². The van der Waals surface area contributed by atoms with E-state index >= 15 is 0 Å². The maximum atomic E-state index is 13.3. The summed E-state index contributed by atoms with van der Waals surface area (Å²) in [4.78, 5) is 13.3. The standard InChI is InChI=1S/C65H119NO13/c1-3-5-7-9-11-13-15-17-19-21-23-24-25-26-27-28-29-31-32-34-36-38-40-42-44-46-48-54(69)53(66-57(70)49-47-45-43-41-39-37-35-33-30-22-20-18-16-14-12-10-8-6-4-2)52-76-64-62(75)60(73)63(56(51-68)78-64)79-65-61(74)59(72)58(71)55(50-67)77-65/h18,20,31-32,38,40,46,48,53-56,58-65,67-69,71-75H,3-17,19,21-30,33-37,39,41-45,47,49-52H2,1-2H3,(H,66,70)/b20-18-,32-31+,40-38+,48-46+. The lowest BCUT2D eigenvalue weighted by Gasteiger charge is -2.46. The molecule has 0 radical (unpaired) electrons. The summed E-state index contributed by atoms with van der Waals surface area (Å²) < 4.78 is 22.8. The lowest BCUT2D eigenvalue weighted by Crippen LogP contribution is -2.65. The number of aliphatic hydroxyl groups excluding tert-OH is 8. The fourth-order valence-corrected chi connectivity index (χ4v) is 10.5.